The van der Waals surface area contributed by atoms with E-state index < -0.39 is 0 Å². The molecule has 0 fully saturated rings. The highest BCUT2D eigenvalue weighted by molar-refractivity contribution is 4.89. The third-order valence-corrected chi connectivity index (χ3v) is 1.62. The van der Waals surface area contributed by atoms with Crippen molar-refractivity contribution in [1.82, 2.24) is 9.80 Å². The Morgan fingerprint density at radius 1 is 1.27 bits per heavy atom. The highest BCUT2D eigenvalue weighted by Gasteiger charge is 2.08. The molecule has 0 heterocycles. The second-order valence-electron chi connectivity index (χ2n) is 3.20. The molecule has 0 spiro atoms. The van der Waals surface area contributed by atoms with Crippen LogP contribution in [0, 0.1) is 11.3 Å². The Hall–Kier alpha value is -0.590. The second kappa shape index (κ2) is 5.11. The summed E-state index contributed by atoms with van der Waals surface area (Å²) in [6.07, 6.45) is 0.913. The van der Waals surface area contributed by atoms with E-state index in [-0.39, 0.29) is 6.04 Å². The molecule has 0 N–H and O–H groups in total. The predicted octanol–water partition coefficient (Wildman–Crippen LogP) is 0.392. The highest BCUT2D eigenvalue weighted by atomic mass is 15.1. The summed E-state index contributed by atoms with van der Waals surface area (Å²) in [6, 6.07) is 2.31. The van der Waals surface area contributed by atoms with Gasteiger partial charge in [-0.2, -0.15) is 5.26 Å². The van der Waals surface area contributed by atoms with Crippen molar-refractivity contribution in [3.63, 3.8) is 0 Å². The summed E-state index contributed by atoms with van der Waals surface area (Å²) in [6.45, 7) is 0.969. The molecule has 1 unspecified atom stereocenters. The van der Waals surface area contributed by atoms with Crippen molar-refractivity contribution in [2.24, 2.45) is 0 Å². The van der Waals surface area contributed by atoms with E-state index in [1.165, 1.54) is 0 Å². The maximum atomic E-state index is 8.70. The monoisotopic (exact) mass is 155 g/mol. The smallest absolute Gasteiger partial charge is 0.0985 e. The lowest BCUT2D eigenvalue weighted by molar-refractivity contribution is 0.295. The molecule has 0 aliphatic rings. The zero-order valence-corrected chi connectivity index (χ0v) is 7.83. The lowest BCUT2D eigenvalue weighted by atomic mass is 10.2. The van der Waals surface area contributed by atoms with Crippen LogP contribution in [-0.2, 0) is 0 Å². The molecule has 1 atom stereocenters. The van der Waals surface area contributed by atoms with Crippen molar-refractivity contribution < 1.29 is 0 Å². The Kier molecular flexibility index (Phi) is 4.84. The van der Waals surface area contributed by atoms with Crippen LogP contribution in [0.25, 0.3) is 0 Å². The Morgan fingerprint density at radius 2 is 1.82 bits per heavy atom. The third kappa shape index (κ3) is 4.77. The molecule has 0 aromatic heterocycles. The fraction of sp³-hybridized carbons (Fsp3) is 0.875. The zero-order chi connectivity index (χ0) is 8.85. The van der Waals surface area contributed by atoms with Gasteiger partial charge < -0.3 is 4.90 Å². The maximum Gasteiger partial charge on any atom is 0.0985 e. The van der Waals surface area contributed by atoms with Crippen molar-refractivity contribution in [2.75, 3.05) is 34.7 Å². The van der Waals surface area contributed by atoms with Crippen LogP contribution in [0.4, 0.5) is 0 Å². The van der Waals surface area contributed by atoms with Crippen molar-refractivity contribution in [1.29, 1.82) is 5.26 Å². The van der Waals surface area contributed by atoms with Gasteiger partial charge in [0.05, 0.1) is 12.1 Å². The molecule has 0 rings (SSSR count). The summed E-state index contributed by atoms with van der Waals surface area (Å²) < 4.78 is 0. The molecule has 0 radical (unpaired) electrons. The van der Waals surface area contributed by atoms with E-state index in [2.05, 4.69) is 11.0 Å². The number of hydrogen-bond donors (Lipinski definition) is 0. The van der Waals surface area contributed by atoms with E-state index in [0.29, 0.717) is 0 Å². The summed E-state index contributed by atoms with van der Waals surface area (Å²) in [4.78, 5) is 4.04. The van der Waals surface area contributed by atoms with Gasteiger partial charge in [-0.25, -0.2) is 0 Å². The minimum Gasteiger partial charge on any atom is -0.309 e. The topological polar surface area (TPSA) is 30.3 Å². The first kappa shape index (κ1) is 10.4. The van der Waals surface area contributed by atoms with Crippen LogP contribution in [0.15, 0.2) is 0 Å². The lowest BCUT2D eigenvalue weighted by Crippen LogP contribution is -2.30. The minimum absolute atomic E-state index is 0.0531. The van der Waals surface area contributed by atoms with Gasteiger partial charge in [0.2, 0.25) is 0 Å². The molecule has 11 heavy (non-hydrogen) atoms. The average molecular weight is 155 g/mol. The summed E-state index contributed by atoms with van der Waals surface area (Å²) in [5.74, 6) is 0. The van der Waals surface area contributed by atoms with Crippen LogP contribution in [0.2, 0.25) is 0 Å². The van der Waals surface area contributed by atoms with Crippen LogP contribution >= 0.6 is 0 Å². The van der Waals surface area contributed by atoms with E-state index in [1.54, 1.807) is 0 Å². The predicted molar refractivity (Wildman–Crippen MR) is 46.3 cm³/mol. The minimum atomic E-state index is 0.0531. The van der Waals surface area contributed by atoms with Gasteiger partial charge >= 0.3 is 0 Å². The molecule has 0 aromatic carbocycles. The van der Waals surface area contributed by atoms with Crippen LogP contribution in [0.3, 0.4) is 0 Å². The number of nitrogens with zero attached hydrogens (tertiary/aromatic N) is 3. The number of hydrogen-bond acceptors (Lipinski definition) is 3. The molecule has 64 valence electrons. The van der Waals surface area contributed by atoms with Crippen molar-refractivity contribution in [3.05, 3.63) is 0 Å². The Labute approximate surface area is 69.2 Å². The van der Waals surface area contributed by atoms with Crippen molar-refractivity contribution in [3.8, 4) is 6.07 Å². The Morgan fingerprint density at radius 3 is 2.09 bits per heavy atom. The molecule has 0 saturated heterocycles. The normalized spacial score (nSPS) is 13.5. The van der Waals surface area contributed by atoms with E-state index in [9.17, 15) is 0 Å². The first-order valence-corrected chi connectivity index (χ1v) is 3.78. The van der Waals surface area contributed by atoms with Gasteiger partial charge in [0, 0.05) is 6.54 Å². The Balaban J connectivity index is 3.64. The second-order valence-corrected chi connectivity index (χ2v) is 3.20. The van der Waals surface area contributed by atoms with E-state index in [0.717, 1.165) is 13.0 Å². The fourth-order valence-corrected chi connectivity index (χ4v) is 0.819. The van der Waals surface area contributed by atoms with Crippen LogP contribution < -0.4 is 0 Å². The molecule has 0 aliphatic carbocycles. The average Bonchev–Trinajstić information content (AvgIpc) is 1.87. The van der Waals surface area contributed by atoms with Gasteiger partial charge in [0.15, 0.2) is 0 Å². The van der Waals surface area contributed by atoms with Crippen LogP contribution in [-0.4, -0.2) is 50.6 Å². The van der Waals surface area contributed by atoms with E-state index in [4.69, 9.17) is 5.26 Å². The van der Waals surface area contributed by atoms with Gasteiger partial charge in [-0.05, 0) is 34.6 Å². The molecule has 3 nitrogen and oxygen atoms in total. The summed E-state index contributed by atoms with van der Waals surface area (Å²) in [5.41, 5.74) is 0. The molecule has 0 amide bonds. The van der Waals surface area contributed by atoms with Gasteiger partial charge in [-0.15, -0.1) is 0 Å². The highest BCUT2D eigenvalue weighted by Crippen LogP contribution is 1.97. The van der Waals surface area contributed by atoms with Crippen molar-refractivity contribution >= 4 is 0 Å². The lowest BCUT2D eigenvalue weighted by Gasteiger charge is -2.18. The number of rotatable bonds is 4. The maximum absolute atomic E-state index is 8.70. The van der Waals surface area contributed by atoms with Gasteiger partial charge in [-0.1, -0.05) is 0 Å². The molecule has 0 saturated carbocycles. The quantitative estimate of drug-likeness (QED) is 0.588. The first-order chi connectivity index (χ1) is 5.07. The molecular formula is C8H17N3. The van der Waals surface area contributed by atoms with Gasteiger partial charge in [0.1, 0.15) is 0 Å². The largest absolute Gasteiger partial charge is 0.309 e. The summed E-state index contributed by atoms with van der Waals surface area (Å²) in [7, 11) is 7.90. The zero-order valence-electron chi connectivity index (χ0n) is 7.83. The standard InChI is InChI=1S/C8H17N3/c1-10(2)6-5-8(7-9)11(3)4/h8H,5-6H2,1-4H3. The van der Waals surface area contributed by atoms with Crippen molar-refractivity contribution in [2.45, 2.75) is 12.5 Å². The molecule has 0 aliphatic heterocycles. The van der Waals surface area contributed by atoms with Crippen LogP contribution in [0.5, 0.6) is 0 Å². The Bertz CT molecular complexity index is 135. The van der Waals surface area contributed by atoms with Gasteiger partial charge in [0.25, 0.3) is 0 Å². The summed E-state index contributed by atoms with van der Waals surface area (Å²) >= 11 is 0. The number of nitriles is 1. The molecule has 0 bridgehead atoms. The van der Waals surface area contributed by atoms with E-state index >= 15 is 0 Å². The molecule has 0 aromatic rings. The first-order valence-electron chi connectivity index (χ1n) is 3.78. The van der Waals surface area contributed by atoms with E-state index in [1.807, 2.05) is 33.1 Å². The third-order valence-electron chi connectivity index (χ3n) is 1.62. The fourth-order valence-electron chi connectivity index (χ4n) is 0.819. The van der Waals surface area contributed by atoms with Gasteiger partial charge in [-0.3, -0.25) is 4.90 Å². The summed E-state index contributed by atoms with van der Waals surface area (Å²) in [5, 5.41) is 8.70. The molecular weight excluding hydrogens is 138 g/mol. The van der Waals surface area contributed by atoms with Crippen LogP contribution in [0.1, 0.15) is 6.42 Å². The molecule has 3 heteroatoms. The SMILES string of the molecule is CN(C)CCC(C#N)N(C)C.